The first-order chi connectivity index (χ1) is 9.24. The fourth-order valence-electron chi connectivity index (χ4n) is 2.17. The summed E-state index contributed by atoms with van der Waals surface area (Å²) in [6.07, 6.45) is 4.70. The van der Waals surface area contributed by atoms with Crippen molar-refractivity contribution in [1.29, 1.82) is 0 Å². The Balaban J connectivity index is 1.58. The maximum atomic E-state index is 11.6. The topological polar surface area (TPSA) is 41.1 Å². The summed E-state index contributed by atoms with van der Waals surface area (Å²) in [7, 11) is 0. The van der Waals surface area contributed by atoms with Crippen LogP contribution >= 0.6 is 23.4 Å². The highest BCUT2D eigenvalue weighted by Crippen LogP contribution is 2.19. The lowest BCUT2D eigenvalue weighted by Gasteiger charge is -2.12. The Morgan fingerprint density at radius 3 is 2.63 bits per heavy atom. The Morgan fingerprint density at radius 1 is 1.26 bits per heavy atom. The van der Waals surface area contributed by atoms with Crippen LogP contribution in [0.3, 0.4) is 0 Å². The minimum Gasteiger partial charge on any atom is -0.337 e. The lowest BCUT2D eigenvalue weighted by Crippen LogP contribution is -2.41. The zero-order valence-corrected chi connectivity index (χ0v) is 12.4. The first-order valence-corrected chi connectivity index (χ1v) is 8.03. The lowest BCUT2D eigenvalue weighted by atomic mass is 10.3. The van der Waals surface area contributed by atoms with Gasteiger partial charge in [-0.25, -0.2) is 4.79 Å². The number of rotatable bonds is 5. The van der Waals surface area contributed by atoms with Crippen LogP contribution in [-0.4, -0.2) is 24.4 Å². The fraction of sp³-hybridized carbons (Fsp3) is 0.500. The van der Waals surface area contributed by atoms with Gasteiger partial charge in [-0.05, 0) is 37.1 Å². The molecule has 2 N–H and O–H groups in total. The number of benzene rings is 1. The van der Waals surface area contributed by atoms with E-state index in [-0.39, 0.29) is 6.03 Å². The van der Waals surface area contributed by atoms with Crippen molar-refractivity contribution in [3.63, 3.8) is 0 Å². The van der Waals surface area contributed by atoms with Gasteiger partial charge in [-0.2, -0.15) is 0 Å². The molecule has 1 aliphatic rings. The number of halogens is 1. The minimum atomic E-state index is -0.0383. The van der Waals surface area contributed by atoms with Crippen molar-refractivity contribution < 1.29 is 4.79 Å². The molecule has 1 fully saturated rings. The van der Waals surface area contributed by atoms with Crippen LogP contribution in [0.4, 0.5) is 4.79 Å². The molecular weight excluding hydrogens is 280 g/mol. The highest BCUT2D eigenvalue weighted by Gasteiger charge is 2.16. The third-order valence-corrected chi connectivity index (χ3v) is 4.43. The highest BCUT2D eigenvalue weighted by molar-refractivity contribution is 7.99. The van der Waals surface area contributed by atoms with Gasteiger partial charge in [-0.1, -0.05) is 24.4 Å². The summed E-state index contributed by atoms with van der Waals surface area (Å²) >= 11 is 7.53. The van der Waals surface area contributed by atoms with E-state index in [1.807, 2.05) is 24.3 Å². The molecule has 0 bridgehead atoms. The highest BCUT2D eigenvalue weighted by atomic mass is 35.5. The molecule has 0 spiro atoms. The molecule has 1 saturated carbocycles. The molecule has 5 heteroatoms. The molecule has 1 aromatic rings. The molecule has 2 amide bonds. The van der Waals surface area contributed by atoms with Crippen molar-refractivity contribution in [2.45, 2.75) is 36.6 Å². The zero-order valence-electron chi connectivity index (χ0n) is 10.8. The van der Waals surface area contributed by atoms with Crippen LogP contribution in [0.2, 0.25) is 5.02 Å². The van der Waals surface area contributed by atoms with Crippen LogP contribution in [0, 0.1) is 0 Å². The summed E-state index contributed by atoms with van der Waals surface area (Å²) in [5, 5.41) is 6.65. The number of amides is 2. The van der Waals surface area contributed by atoms with Gasteiger partial charge >= 0.3 is 6.03 Å². The molecule has 104 valence electrons. The van der Waals surface area contributed by atoms with Gasteiger partial charge in [0.1, 0.15) is 0 Å². The molecule has 3 nitrogen and oxygen atoms in total. The van der Waals surface area contributed by atoms with Gasteiger partial charge in [0.15, 0.2) is 0 Å². The van der Waals surface area contributed by atoms with Crippen molar-refractivity contribution in [3.8, 4) is 0 Å². The maximum Gasteiger partial charge on any atom is 0.315 e. The summed E-state index contributed by atoms with van der Waals surface area (Å²) in [5.74, 6) is 0.861. The molecule has 2 rings (SSSR count). The lowest BCUT2D eigenvalue weighted by molar-refractivity contribution is 0.238. The third-order valence-electron chi connectivity index (χ3n) is 3.16. The predicted octanol–water partition coefficient (Wildman–Crippen LogP) is 3.67. The number of urea groups is 1. The van der Waals surface area contributed by atoms with Gasteiger partial charge in [0.25, 0.3) is 0 Å². The number of hydrogen-bond acceptors (Lipinski definition) is 2. The van der Waals surface area contributed by atoms with Crippen molar-refractivity contribution in [1.82, 2.24) is 10.6 Å². The van der Waals surface area contributed by atoms with E-state index in [0.29, 0.717) is 12.6 Å². The van der Waals surface area contributed by atoms with Crippen molar-refractivity contribution in [2.75, 3.05) is 12.3 Å². The Kier molecular flexibility index (Phi) is 5.86. The summed E-state index contributed by atoms with van der Waals surface area (Å²) in [4.78, 5) is 12.8. The molecule has 1 aromatic carbocycles. The first-order valence-electron chi connectivity index (χ1n) is 6.67. The van der Waals surface area contributed by atoms with Crippen LogP contribution in [-0.2, 0) is 0 Å². The van der Waals surface area contributed by atoms with Gasteiger partial charge < -0.3 is 10.6 Å². The summed E-state index contributed by atoms with van der Waals surface area (Å²) in [6, 6.07) is 8.08. The molecule has 19 heavy (non-hydrogen) atoms. The van der Waals surface area contributed by atoms with Gasteiger partial charge in [-0.15, -0.1) is 11.8 Å². The molecule has 0 heterocycles. The summed E-state index contributed by atoms with van der Waals surface area (Å²) in [6.45, 7) is 0.672. The van der Waals surface area contributed by atoms with Gasteiger partial charge in [0.05, 0.1) is 0 Å². The monoisotopic (exact) mass is 298 g/mol. The normalized spacial score (nSPS) is 15.4. The number of carbonyl (C=O) groups excluding carboxylic acids is 1. The largest absolute Gasteiger partial charge is 0.337 e. The van der Waals surface area contributed by atoms with Crippen LogP contribution in [0.15, 0.2) is 29.2 Å². The second kappa shape index (κ2) is 7.65. The van der Waals surface area contributed by atoms with E-state index >= 15 is 0 Å². The van der Waals surface area contributed by atoms with Gasteiger partial charge in [-0.3, -0.25) is 0 Å². The second-order valence-corrected chi connectivity index (χ2v) is 6.29. The number of carbonyl (C=O) groups is 1. The fourth-order valence-corrected chi connectivity index (χ4v) is 3.07. The Bertz CT molecular complexity index is 404. The molecule has 0 saturated heterocycles. The standard InChI is InChI=1S/C14H19ClN2OS/c15-11-5-7-13(8-6-11)19-10-9-16-14(18)17-12-3-1-2-4-12/h5-8,12H,1-4,9-10H2,(H2,16,17,18). The number of thioether (sulfide) groups is 1. The van der Waals surface area contributed by atoms with E-state index in [9.17, 15) is 4.79 Å². The molecule has 1 aliphatic carbocycles. The van der Waals surface area contributed by atoms with Crippen LogP contribution < -0.4 is 10.6 Å². The van der Waals surface area contributed by atoms with Crippen molar-refractivity contribution in [2.24, 2.45) is 0 Å². The minimum absolute atomic E-state index is 0.0383. The Hall–Kier alpha value is -0.870. The quantitative estimate of drug-likeness (QED) is 0.643. The van der Waals surface area contributed by atoms with E-state index in [2.05, 4.69) is 10.6 Å². The molecule has 0 radical (unpaired) electrons. The third kappa shape index (κ3) is 5.33. The second-order valence-electron chi connectivity index (χ2n) is 4.68. The van der Waals surface area contributed by atoms with Gasteiger partial charge in [0, 0.05) is 28.3 Å². The summed E-state index contributed by atoms with van der Waals surface area (Å²) in [5.41, 5.74) is 0. The number of nitrogens with one attached hydrogen (secondary N) is 2. The van der Waals surface area contributed by atoms with Gasteiger partial charge in [0.2, 0.25) is 0 Å². The summed E-state index contributed by atoms with van der Waals surface area (Å²) < 4.78 is 0. The number of hydrogen-bond donors (Lipinski definition) is 2. The molecule has 0 unspecified atom stereocenters. The first kappa shape index (κ1) is 14.5. The van der Waals surface area contributed by atoms with E-state index in [4.69, 9.17) is 11.6 Å². The molecule has 0 atom stereocenters. The van der Waals surface area contributed by atoms with E-state index in [0.717, 1.165) is 23.6 Å². The Labute approximate surface area is 123 Å². The SMILES string of the molecule is O=C(NCCSc1ccc(Cl)cc1)NC1CCCC1. The van der Waals surface area contributed by atoms with E-state index < -0.39 is 0 Å². The smallest absolute Gasteiger partial charge is 0.315 e. The van der Waals surface area contributed by atoms with Crippen LogP contribution in [0.5, 0.6) is 0 Å². The zero-order chi connectivity index (χ0) is 13.5. The van der Waals surface area contributed by atoms with Crippen LogP contribution in [0.25, 0.3) is 0 Å². The average Bonchev–Trinajstić information content (AvgIpc) is 2.89. The Morgan fingerprint density at radius 2 is 1.95 bits per heavy atom. The molecule has 0 aliphatic heterocycles. The predicted molar refractivity (Wildman–Crippen MR) is 81.0 cm³/mol. The van der Waals surface area contributed by atoms with Crippen molar-refractivity contribution >= 4 is 29.4 Å². The van der Waals surface area contributed by atoms with Crippen molar-refractivity contribution in [3.05, 3.63) is 29.3 Å². The average molecular weight is 299 g/mol. The molecular formula is C14H19ClN2OS. The van der Waals surface area contributed by atoms with E-state index in [1.54, 1.807) is 11.8 Å². The van der Waals surface area contributed by atoms with Crippen LogP contribution in [0.1, 0.15) is 25.7 Å². The maximum absolute atomic E-state index is 11.6. The van der Waals surface area contributed by atoms with E-state index in [1.165, 1.54) is 17.7 Å². The molecule has 0 aromatic heterocycles.